The molecule has 3 aromatic rings. The Morgan fingerprint density at radius 1 is 0.964 bits per heavy atom. The molecule has 8 heteroatoms. The topological polar surface area (TPSA) is 114 Å². The molecule has 3 N–H and O–H groups in total. The molecule has 0 saturated carbocycles. The van der Waals surface area contributed by atoms with Crippen molar-refractivity contribution in [3.8, 4) is 11.5 Å². The summed E-state index contributed by atoms with van der Waals surface area (Å²) in [6.07, 6.45) is 0. The molecule has 0 radical (unpaired) electrons. The van der Waals surface area contributed by atoms with Crippen LogP contribution in [0.5, 0.6) is 11.5 Å². The van der Waals surface area contributed by atoms with Crippen molar-refractivity contribution in [3.05, 3.63) is 88.5 Å². The van der Waals surface area contributed by atoms with Gasteiger partial charge in [-0.05, 0) is 24.3 Å². The van der Waals surface area contributed by atoms with Crippen LogP contribution < -0.4 is 15.4 Å². The van der Waals surface area contributed by atoms with Gasteiger partial charge in [0, 0.05) is 17.3 Å². The Balaban J connectivity index is 1.66. The van der Waals surface area contributed by atoms with Crippen molar-refractivity contribution in [2.45, 2.75) is 6.61 Å². The molecule has 28 heavy (non-hydrogen) atoms. The second kappa shape index (κ2) is 8.54. The number of nitrogens with zero attached hydrogens (tertiary/aromatic N) is 1. The van der Waals surface area contributed by atoms with E-state index in [0.29, 0.717) is 11.4 Å². The number of nitrogens with one attached hydrogen (secondary N) is 2. The van der Waals surface area contributed by atoms with Gasteiger partial charge in [0.15, 0.2) is 0 Å². The van der Waals surface area contributed by atoms with Crippen molar-refractivity contribution in [2.75, 3.05) is 10.6 Å². The summed E-state index contributed by atoms with van der Waals surface area (Å²) in [6, 6.07) is 19.2. The smallest absolute Gasteiger partial charge is 0.323 e. The lowest BCUT2D eigenvalue weighted by Gasteiger charge is -2.13. The summed E-state index contributed by atoms with van der Waals surface area (Å²) >= 11 is 0. The fraction of sp³-hybridized carbons (Fsp3) is 0.0500. The highest BCUT2D eigenvalue weighted by atomic mass is 16.6. The van der Waals surface area contributed by atoms with E-state index in [1.807, 2.05) is 42.5 Å². The minimum atomic E-state index is -0.632. The zero-order valence-electron chi connectivity index (χ0n) is 14.7. The number of amides is 2. The molecule has 0 atom stereocenters. The largest absolute Gasteiger partial charge is 0.506 e. The average Bonchev–Trinajstić information content (AvgIpc) is 2.69. The molecule has 3 aromatic carbocycles. The maximum atomic E-state index is 12.3. The van der Waals surface area contributed by atoms with Gasteiger partial charge in [0.2, 0.25) is 0 Å². The summed E-state index contributed by atoms with van der Waals surface area (Å²) in [6.45, 7) is 0.253. The summed E-state index contributed by atoms with van der Waals surface area (Å²) in [5, 5.41) is 25.7. The zero-order valence-corrected chi connectivity index (χ0v) is 14.7. The third-order valence-corrected chi connectivity index (χ3v) is 3.84. The number of benzene rings is 3. The van der Waals surface area contributed by atoms with E-state index < -0.39 is 16.7 Å². The van der Waals surface area contributed by atoms with Crippen molar-refractivity contribution in [1.82, 2.24) is 0 Å². The van der Waals surface area contributed by atoms with Gasteiger partial charge in [-0.15, -0.1) is 0 Å². The van der Waals surface area contributed by atoms with Gasteiger partial charge in [-0.3, -0.25) is 10.1 Å². The van der Waals surface area contributed by atoms with E-state index in [4.69, 9.17) is 4.74 Å². The summed E-state index contributed by atoms with van der Waals surface area (Å²) < 4.78 is 5.71. The molecule has 142 valence electrons. The van der Waals surface area contributed by atoms with E-state index >= 15 is 0 Å². The quantitative estimate of drug-likeness (QED) is 0.331. The molecular formula is C20H17N3O5. The highest BCUT2D eigenvalue weighted by molar-refractivity contribution is 6.01. The van der Waals surface area contributed by atoms with Crippen molar-refractivity contribution in [2.24, 2.45) is 0 Å². The molecule has 0 aliphatic carbocycles. The van der Waals surface area contributed by atoms with E-state index in [1.54, 1.807) is 12.1 Å². The number of urea groups is 1. The van der Waals surface area contributed by atoms with Crippen LogP contribution in [0.4, 0.5) is 21.9 Å². The Labute approximate surface area is 160 Å². The number of hydrogen-bond acceptors (Lipinski definition) is 5. The van der Waals surface area contributed by atoms with Gasteiger partial charge in [-0.2, -0.15) is 0 Å². The predicted molar refractivity (Wildman–Crippen MR) is 105 cm³/mol. The lowest BCUT2D eigenvalue weighted by atomic mass is 10.2. The standard InChI is InChI=1S/C20H17N3O5/c24-19-12-15(23(26)27)10-11-18(19)22-20(25)21-17-9-5-4-6-14(17)13-28-16-7-2-1-3-8-16/h1-12,24H,13H2,(H2,21,22,25). The fourth-order valence-electron chi connectivity index (χ4n) is 2.46. The molecule has 0 heterocycles. The molecular weight excluding hydrogens is 362 g/mol. The molecule has 8 nitrogen and oxygen atoms in total. The Kier molecular flexibility index (Phi) is 5.71. The fourth-order valence-corrected chi connectivity index (χ4v) is 2.46. The SMILES string of the molecule is O=C(Nc1ccc([N+](=O)[O-])cc1O)Nc1ccccc1COc1ccccc1. The van der Waals surface area contributed by atoms with Gasteiger partial charge in [0.05, 0.1) is 16.7 Å². The molecule has 2 amide bonds. The lowest BCUT2D eigenvalue weighted by molar-refractivity contribution is -0.384. The van der Waals surface area contributed by atoms with Crippen LogP contribution in [0.15, 0.2) is 72.8 Å². The van der Waals surface area contributed by atoms with Gasteiger partial charge in [0.1, 0.15) is 18.1 Å². The van der Waals surface area contributed by atoms with Crippen LogP contribution in [-0.4, -0.2) is 16.1 Å². The molecule has 3 rings (SSSR count). The number of non-ortho nitro benzene ring substituents is 1. The van der Waals surface area contributed by atoms with Crippen LogP contribution in [0, 0.1) is 10.1 Å². The number of aromatic hydroxyl groups is 1. The average molecular weight is 379 g/mol. The Morgan fingerprint density at radius 3 is 2.36 bits per heavy atom. The van der Waals surface area contributed by atoms with Crippen LogP contribution in [0.25, 0.3) is 0 Å². The van der Waals surface area contributed by atoms with Crippen molar-refractivity contribution < 1.29 is 19.6 Å². The van der Waals surface area contributed by atoms with E-state index in [0.717, 1.165) is 11.6 Å². The van der Waals surface area contributed by atoms with Gasteiger partial charge < -0.3 is 20.5 Å². The number of hydrogen-bond donors (Lipinski definition) is 3. The van der Waals surface area contributed by atoms with E-state index in [-0.39, 0.29) is 18.0 Å². The summed E-state index contributed by atoms with van der Waals surface area (Å²) in [7, 11) is 0. The number of anilines is 2. The maximum Gasteiger partial charge on any atom is 0.323 e. The number of phenolic OH excluding ortho intramolecular Hbond substituents is 1. The van der Waals surface area contributed by atoms with Gasteiger partial charge >= 0.3 is 6.03 Å². The number of carbonyl (C=O) groups is 1. The monoisotopic (exact) mass is 379 g/mol. The molecule has 0 fully saturated rings. The second-order valence-electron chi connectivity index (χ2n) is 5.80. The molecule has 0 spiro atoms. The molecule has 0 aromatic heterocycles. The molecule has 0 unspecified atom stereocenters. The summed E-state index contributed by atoms with van der Waals surface area (Å²) in [4.78, 5) is 22.4. The van der Waals surface area contributed by atoms with Gasteiger partial charge in [0.25, 0.3) is 5.69 Å². The van der Waals surface area contributed by atoms with Crippen LogP contribution in [0.3, 0.4) is 0 Å². The van der Waals surface area contributed by atoms with E-state index in [1.165, 1.54) is 12.1 Å². The minimum Gasteiger partial charge on any atom is -0.506 e. The second-order valence-corrected chi connectivity index (χ2v) is 5.80. The van der Waals surface area contributed by atoms with Crippen molar-refractivity contribution in [1.29, 1.82) is 0 Å². The number of carbonyl (C=O) groups excluding carboxylic acids is 1. The summed E-state index contributed by atoms with van der Waals surface area (Å²) in [5.41, 5.74) is 1.08. The van der Waals surface area contributed by atoms with Crippen LogP contribution in [-0.2, 0) is 6.61 Å². The number of para-hydroxylation sites is 2. The molecule has 0 aliphatic heterocycles. The Morgan fingerprint density at radius 2 is 1.64 bits per heavy atom. The van der Waals surface area contributed by atoms with Crippen LogP contribution >= 0.6 is 0 Å². The van der Waals surface area contributed by atoms with E-state index in [2.05, 4.69) is 10.6 Å². The first kappa shape index (κ1) is 18.7. The number of nitro benzene ring substituents is 1. The Hall–Kier alpha value is -4.07. The van der Waals surface area contributed by atoms with E-state index in [9.17, 15) is 20.0 Å². The normalized spacial score (nSPS) is 10.1. The Bertz CT molecular complexity index is 992. The highest BCUT2D eigenvalue weighted by Gasteiger charge is 2.13. The van der Waals surface area contributed by atoms with Crippen molar-refractivity contribution in [3.63, 3.8) is 0 Å². The lowest BCUT2D eigenvalue weighted by Crippen LogP contribution is -2.20. The summed E-state index contributed by atoms with van der Waals surface area (Å²) in [5.74, 6) is 0.308. The number of nitro groups is 1. The third-order valence-electron chi connectivity index (χ3n) is 3.84. The number of phenols is 1. The third kappa shape index (κ3) is 4.76. The minimum absolute atomic E-state index is 0.0566. The van der Waals surface area contributed by atoms with Crippen LogP contribution in [0.1, 0.15) is 5.56 Å². The number of rotatable bonds is 6. The highest BCUT2D eigenvalue weighted by Crippen LogP contribution is 2.28. The zero-order chi connectivity index (χ0) is 19.9. The molecule has 0 aliphatic rings. The van der Waals surface area contributed by atoms with Gasteiger partial charge in [-0.1, -0.05) is 36.4 Å². The molecule has 0 saturated heterocycles. The van der Waals surface area contributed by atoms with Gasteiger partial charge in [-0.25, -0.2) is 4.79 Å². The maximum absolute atomic E-state index is 12.3. The first-order valence-electron chi connectivity index (χ1n) is 8.34. The number of ether oxygens (including phenoxy) is 1. The first-order valence-corrected chi connectivity index (χ1v) is 8.34. The van der Waals surface area contributed by atoms with Crippen LogP contribution in [0.2, 0.25) is 0 Å². The molecule has 0 bridgehead atoms. The first-order chi connectivity index (χ1) is 13.5. The van der Waals surface area contributed by atoms with Crippen molar-refractivity contribution >= 4 is 23.1 Å². The predicted octanol–water partition coefficient (Wildman–Crippen LogP) is 4.52.